The van der Waals surface area contributed by atoms with Crippen LogP contribution < -0.4 is 10.1 Å². The van der Waals surface area contributed by atoms with Gasteiger partial charge in [-0.15, -0.1) is 0 Å². The van der Waals surface area contributed by atoms with Gasteiger partial charge in [0, 0.05) is 30.4 Å². The number of carbonyl (C=O) groups is 1. The van der Waals surface area contributed by atoms with Crippen LogP contribution in [0, 0.1) is 41.4 Å². The molecule has 0 saturated heterocycles. The molecule has 1 aromatic carbocycles. The largest absolute Gasteiger partial charge is 0.465 e. The molecule has 3 saturated carbocycles. The molecule has 51 heavy (non-hydrogen) atoms. The highest BCUT2D eigenvalue weighted by Gasteiger charge is 2.58. The minimum absolute atomic E-state index is 0.0746. The predicted molar refractivity (Wildman–Crippen MR) is 213 cm³/mol. The number of hydrogen-bond acceptors (Lipinski definition) is 6. The van der Waals surface area contributed by atoms with E-state index in [9.17, 15) is 18.3 Å². The van der Waals surface area contributed by atoms with Gasteiger partial charge in [0.2, 0.25) is 0 Å². The summed E-state index contributed by atoms with van der Waals surface area (Å²) < 4.78 is 40.5. The number of rotatable bonds is 11. The summed E-state index contributed by atoms with van der Waals surface area (Å²) >= 11 is 0. The molecule has 3 N–H and O–H groups in total. The SMILES string of the molecule is Cc1ccc(S(=O)(=O)N/N=C2/CC[C@H]3[C@H](CNC(=O)O)[C@@H]([C@]4(C)CC[C@H](O[Si](C)(C)C(C)(C)C)C[C@@H]4CO[Si](C)(C)C(C)(C)C)CC[C@]23C)cc1. The van der Waals surface area contributed by atoms with Crippen LogP contribution in [0.1, 0.15) is 106 Å². The molecule has 0 bridgehead atoms. The van der Waals surface area contributed by atoms with Crippen molar-refractivity contribution in [2.75, 3.05) is 13.2 Å². The molecule has 1 amide bonds. The summed E-state index contributed by atoms with van der Waals surface area (Å²) in [6.45, 7) is 30.8. The molecule has 290 valence electrons. The molecule has 0 aliphatic heterocycles. The highest BCUT2D eigenvalue weighted by molar-refractivity contribution is 7.89. The lowest BCUT2D eigenvalue weighted by molar-refractivity contribution is -0.0866. The zero-order valence-electron chi connectivity index (χ0n) is 33.9. The monoisotopic (exact) mass is 763 g/mol. The van der Waals surface area contributed by atoms with Crippen molar-refractivity contribution in [2.45, 2.75) is 155 Å². The second kappa shape index (κ2) is 14.8. The Morgan fingerprint density at radius 1 is 0.941 bits per heavy atom. The van der Waals surface area contributed by atoms with E-state index in [1.54, 1.807) is 24.3 Å². The van der Waals surface area contributed by atoms with Gasteiger partial charge in [-0.2, -0.15) is 13.5 Å². The van der Waals surface area contributed by atoms with Gasteiger partial charge in [-0.25, -0.2) is 9.63 Å². The van der Waals surface area contributed by atoms with Crippen LogP contribution in [0.5, 0.6) is 0 Å². The van der Waals surface area contributed by atoms with Gasteiger partial charge in [0.15, 0.2) is 16.6 Å². The number of fused-ring (bicyclic) bond motifs is 1. The summed E-state index contributed by atoms with van der Waals surface area (Å²) in [4.78, 5) is 14.7. The Labute approximate surface area is 311 Å². The fourth-order valence-electron chi connectivity index (χ4n) is 8.81. The summed E-state index contributed by atoms with van der Waals surface area (Å²) in [6, 6.07) is 6.78. The molecular formula is C39H69N3O6SSi2. The lowest BCUT2D eigenvalue weighted by Gasteiger charge is -2.57. The topological polar surface area (TPSA) is 126 Å². The molecule has 0 radical (unpaired) electrons. The average molecular weight is 764 g/mol. The van der Waals surface area contributed by atoms with Crippen LogP contribution in [-0.4, -0.2) is 61.2 Å². The van der Waals surface area contributed by atoms with Crippen molar-refractivity contribution >= 4 is 38.5 Å². The Morgan fingerprint density at radius 2 is 1.55 bits per heavy atom. The molecule has 0 aromatic heterocycles. The minimum atomic E-state index is -3.81. The number of carboxylic acid groups (broad SMARTS) is 1. The van der Waals surface area contributed by atoms with Crippen molar-refractivity contribution in [2.24, 2.45) is 39.6 Å². The fraction of sp³-hybridized carbons (Fsp3) is 0.795. The van der Waals surface area contributed by atoms with Crippen molar-refractivity contribution in [1.29, 1.82) is 0 Å². The van der Waals surface area contributed by atoms with E-state index in [4.69, 9.17) is 8.85 Å². The highest BCUT2D eigenvalue weighted by atomic mass is 32.2. The van der Waals surface area contributed by atoms with Crippen LogP contribution in [-0.2, 0) is 18.9 Å². The van der Waals surface area contributed by atoms with Crippen LogP contribution in [0.3, 0.4) is 0 Å². The third kappa shape index (κ3) is 8.98. The fourth-order valence-corrected chi connectivity index (χ4v) is 12.1. The molecule has 1 aromatic rings. The molecule has 0 unspecified atom stereocenters. The summed E-state index contributed by atoms with van der Waals surface area (Å²) in [5, 5.41) is 17.5. The van der Waals surface area contributed by atoms with Gasteiger partial charge in [-0.05, 0) is 129 Å². The second-order valence-electron chi connectivity index (χ2n) is 19.6. The van der Waals surface area contributed by atoms with Gasteiger partial charge in [0.1, 0.15) is 0 Å². The predicted octanol–water partition coefficient (Wildman–Crippen LogP) is 9.56. The highest BCUT2D eigenvalue weighted by Crippen LogP contribution is 2.62. The molecule has 7 atom stereocenters. The van der Waals surface area contributed by atoms with Crippen molar-refractivity contribution in [3.63, 3.8) is 0 Å². The van der Waals surface area contributed by atoms with Crippen LogP contribution in [0.25, 0.3) is 0 Å². The van der Waals surface area contributed by atoms with E-state index in [0.717, 1.165) is 49.8 Å². The van der Waals surface area contributed by atoms with Crippen molar-refractivity contribution < 1.29 is 27.2 Å². The van der Waals surface area contributed by atoms with Crippen LogP contribution in [0.15, 0.2) is 34.3 Å². The minimum Gasteiger partial charge on any atom is -0.465 e. The molecule has 12 heteroatoms. The molecule has 0 heterocycles. The first-order valence-electron chi connectivity index (χ1n) is 19.2. The summed E-state index contributed by atoms with van der Waals surface area (Å²) in [5.41, 5.74) is 1.46. The molecule has 0 spiro atoms. The van der Waals surface area contributed by atoms with Gasteiger partial charge in [-0.3, -0.25) is 0 Å². The number of amides is 1. The molecule has 4 rings (SSSR count). The van der Waals surface area contributed by atoms with Crippen molar-refractivity contribution in [1.82, 2.24) is 10.1 Å². The molecule has 3 aliphatic carbocycles. The van der Waals surface area contributed by atoms with E-state index in [0.29, 0.717) is 19.6 Å². The van der Waals surface area contributed by atoms with Crippen molar-refractivity contribution in [3.8, 4) is 0 Å². The zero-order valence-corrected chi connectivity index (χ0v) is 36.7. The first-order chi connectivity index (χ1) is 23.2. The number of benzene rings is 1. The first kappa shape index (κ1) is 42.0. The van der Waals surface area contributed by atoms with E-state index in [-0.39, 0.29) is 55.6 Å². The maximum Gasteiger partial charge on any atom is 0.404 e. The Balaban J connectivity index is 1.66. The quantitative estimate of drug-likeness (QED) is 0.152. The van der Waals surface area contributed by atoms with E-state index in [2.05, 4.69) is 96.8 Å². The zero-order chi connectivity index (χ0) is 38.4. The maximum atomic E-state index is 13.2. The van der Waals surface area contributed by atoms with E-state index in [1.165, 1.54) is 0 Å². The maximum absolute atomic E-state index is 13.2. The number of nitrogens with zero attached hydrogens (tertiary/aromatic N) is 1. The van der Waals surface area contributed by atoms with E-state index < -0.39 is 32.8 Å². The molecule has 3 fully saturated rings. The lowest BCUT2D eigenvalue weighted by atomic mass is 9.49. The average Bonchev–Trinajstić information content (AvgIpc) is 3.34. The van der Waals surface area contributed by atoms with E-state index in [1.807, 2.05) is 6.92 Å². The Hall–Kier alpha value is -1.74. The third-order valence-corrected chi connectivity index (χ3v) is 24.6. The van der Waals surface area contributed by atoms with Crippen LogP contribution >= 0.6 is 0 Å². The van der Waals surface area contributed by atoms with Crippen LogP contribution in [0.2, 0.25) is 36.3 Å². The number of hydrazone groups is 1. The Bertz CT molecular complexity index is 1530. The van der Waals surface area contributed by atoms with Crippen LogP contribution in [0.4, 0.5) is 4.79 Å². The van der Waals surface area contributed by atoms with Gasteiger partial charge in [-0.1, -0.05) is 73.1 Å². The summed E-state index contributed by atoms with van der Waals surface area (Å²) in [6.07, 6.45) is 5.46. The number of hydrogen-bond donors (Lipinski definition) is 3. The lowest BCUT2D eigenvalue weighted by Crippen LogP contribution is -2.56. The smallest absolute Gasteiger partial charge is 0.404 e. The number of nitrogens with one attached hydrogen (secondary N) is 2. The van der Waals surface area contributed by atoms with Crippen molar-refractivity contribution in [3.05, 3.63) is 29.8 Å². The van der Waals surface area contributed by atoms with E-state index >= 15 is 0 Å². The Morgan fingerprint density at radius 3 is 2.12 bits per heavy atom. The summed E-state index contributed by atoms with van der Waals surface area (Å²) in [7, 11) is -7.84. The molecule has 9 nitrogen and oxygen atoms in total. The first-order valence-corrected chi connectivity index (χ1v) is 26.5. The van der Waals surface area contributed by atoms with Gasteiger partial charge >= 0.3 is 6.09 Å². The van der Waals surface area contributed by atoms with Gasteiger partial charge < -0.3 is 19.3 Å². The molecular weight excluding hydrogens is 695 g/mol. The third-order valence-electron chi connectivity index (χ3n) is 14.4. The van der Waals surface area contributed by atoms with Gasteiger partial charge in [0.25, 0.3) is 10.0 Å². The normalized spacial score (nSPS) is 31.7. The summed E-state index contributed by atoms with van der Waals surface area (Å²) in [5.74, 6) is 0.797. The molecule has 3 aliphatic rings. The standard InChI is InChI=1S/C39H69N3O6SSi2/c1-27-14-16-30(17-15-27)49(45,46)42-41-34-19-18-32-31(25-40-35(43)44)33(21-23-39(32,34)9)38(8)22-20-29(48-51(12,13)37(5,6)7)24-28(38)26-47-50(10,11)36(2,3)4/h14-17,28-29,31-33,40,42H,18-26H2,1-13H3,(H,43,44)/b41-34-/t28-,29+,31+,32+,33+,38-,39+/m1/s1. The van der Waals surface area contributed by atoms with Gasteiger partial charge in [0.05, 0.1) is 4.90 Å². The number of sulfonamides is 1. The Kier molecular flexibility index (Phi) is 12.2. The second-order valence-corrected chi connectivity index (χ2v) is 30.8. The number of aryl methyl sites for hydroxylation is 1.